The number of nitrogens with one attached hydrogen (secondary N) is 1. The molecule has 0 aliphatic heterocycles. The topological polar surface area (TPSA) is 12.0 Å². The predicted molar refractivity (Wildman–Crippen MR) is 72.5 cm³/mol. The fourth-order valence-electron chi connectivity index (χ4n) is 3.26. The molecule has 0 aromatic heterocycles. The molecule has 0 aromatic rings. The van der Waals surface area contributed by atoms with Gasteiger partial charge in [0.2, 0.25) is 0 Å². The van der Waals surface area contributed by atoms with Crippen LogP contribution in [-0.2, 0) is 0 Å². The Morgan fingerprint density at radius 3 is 2.06 bits per heavy atom. The summed E-state index contributed by atoms with van der Waals surface area (Å²) < 4.78 is 0. The maximum absolute atomic E-state index is 3.59. The zero-order valence-electron chi connectivity index (χ0n) is 12.1. The molecule has 5 unspecified atom stereocenters. The van der Waals surface area contributed by atoms with Crippen LogP contribution in [-0.4, -0.2) is 13.1 Å². The van der Waals surface area contributed by atoms with Crippen molar-refractivity contribution >= 4 is 0 Å². The van der Waals surface area contributed by atoms with Crippen LogP contribution in [0.2, 0.25) is 0 Å². The zero-order chi connectivity index (χ0) is 12.3. The second-order valence-electron chi connectivity index (χ2n) is 6.45. The zero-order valence-corrected chi connectivity index (χ0v) is 12.1. The van der Waals surface area contributed by atoms with E-state index in [2.05, 4.69) is 47.0 Å². The molecule has 0 saturated heterocycles. The minimum atomic E-state index is 0.718. The predicted octanol–water partition coefficient (Wildman–Crippen LogP) is 3.94. The second kappa shape index (κ2) is 6.05. The molecule has 96 valence electrons. The first-order valence-electron chi connectivity index (χ1n) is 7.14. The third-order valence-corrected chi connectivity index (χ3v) is 5.10. The maximum Gasteiger partial charge on any atom is 0.0120 e. The van der Waals surface area contributed by atoms with E-state index in [1.807, 2.05) is 0 Å². The van der Waals surface area contributed by atoms with Gasteiger partial charge in [-0.3, -0.25) is 0 Å². The Morgan fingerprint density at radius 1 is 1.00 bits per heavy atom. The highest BCUT2D eigenvalue weighted by atomic mass is 14.9. The van der Waals surface area contributed by atoms with Crippen LogP contribution >= 0.6 is 0 Å². The Bertz CT molecular complexity index is 200. The number of rotatable bonds is 4. The molecular formula is C15H31N. The molecule has 0 heterocycles. The third kappa shape index (κ3) is 3.23. The average Bonchev–Trinajstić information content (AvgIpc) is 2.24. The highest BCUT2D eigenvalue weighted by Crippen LogP contribution is 2.37. The van der Waals surface area contributed by atoms with Gasteiger partial charge in [0.25, 0.3) is 0 Å². The van der Waals surface area contributed by atoms with Gasteiger partial charge in [0.05, 0.1) is 0 Å². The summed E-state index contributed by atoms with van der Waals surface area (Å²) in [6, 6.07) is 0.718. The van der Waals surface area contributed by atoms with Crippen LogP contribution in [0.15, 0.2) is 0 Å². The highest BCUT2D eigenvalue weighted by molar-refractivity contribution is 4.86. The summed E-state index contributed by atoms with van der Waals surface area (Å²) in [6.45, 7) is 12.0. The summed E-state index contributed by atoms with van der Waals surface area (Å²) in [4.78, 5) is 0. The molecule has 0 radical (unpaired) electrons. The normalized spacial score (nSPS) is 35.1. The lowest BCUT2D eigenvalue weighted by molar-refractivity contribution is 0.134. The van der Waals surface area contributed by atoms with Crippen molar-refractivity contribution < 1.29 is 0 Å². The molecule has 0 aromatic carbocycles. The van der Waals surface area contributed by atoms with E-state index in [1.165, 1.54) is 19.3 Å². The SMILES string of the molecule is CNC(C1CCC(C)C(C)C1)C(C)C(C)C. The lowest BCUT2D eigenvalue weighted by atomic mass is 9.69. The van der Waals surface area contributed by atoms with E-state index in [0.29, 0.717) is 0 Å². The summed E-state index contributed by atoms with van der Waals surface area (Å²) >= 11 is 0. The lowest BCUT2D eigenvalue weighted by Gasteiger charge is -2.40. The summed E-state index contributed by atoms with van der Waals surface area (Å²) in [5.41, 5.74) is 0. The monoisotopic (exact) mass is 225 g/mol. The summed E-state index contributed by atoms with van der Waals surface area (Å²) in [5.74, 6) is 4.31. The molecule has 0 bridgehead atoms. The van der Waals surface area contributed by atoms with Crippen molar-refractivity contribution in [2.24, 2.45) is 29.6 Å². The van der Waals surface area contributed by atoms with E-state index in [0.717, 1.165) is 35.6 Å². The average molecular weight is 225 g/mol. The van der Waals surface area contributed by atoms with Crippen molar-refractivity contribution in [1.82, 2.24) is 5.32 Å². The van der Waals surface area contributed by atoms with Crippen LogP contribution in [0.25, 0.3) is 0 Å². The molecule has 0 amide bonds. The van der Waals surface area contributed by atoms with Crippen molar-refractivity contribution in [3.63, 3.8) is 0 Å². The molecular weight excluding hydrogens is 194 g/mol. The van der Waals surface area contributed by atoms with Crippen molar-refractivity contribution in [1.29, 1.82) is 0 Å². The quantitative estimate of drug-likeness (QED) is 0.764. The fourth-order valence-corrected chi connectivity index (χ4v) is 3.26. The molecule has 16 heavy (non-hydrogen) atoms. The maximum atomic E-state index is 3.59. The van der Waals surface area contributed by atoms with Crippen LogP contribution in [0.3, 0.4) is 0 Å². The van der Waals surface area contributed by atoms with Gasteiger partial charge in [-0.25, -0.2) is 0 Å². The molecule has 1 rings (SSSR count). The van der Waals surface area contributed by atoms with Gasteiger partial charge >= 0.3 is 0 Å². The highest BCUT2D eigenvalue weighted by Gasteiger charge is 2.32. The van der Waals surface area contributed by atoms with Gasteiger partial charge in [-0.15, -0.1) is 0 Å². The van der Waals surface area contributed by atoms with Crippen LogP contribution in [0, 0.1) is 29.6 Å². The van der Waals surface area contributed by atoms with Crippen LogP contribution < -0.4 is 5.32 Å². The van der Waals surface area contributed by atoms with Gasteiger partial charge < -0.3 is 5.32 Å². The van der Waals surface area contributed by atoms with E-state index in [9.17, 15) is 0 Å². The minimum absolute atomic E-state index is 0.718. The third-order valence-electron chi connectivity index (χ3n) is 5.10. The van der Waals surface area contributed by atoms with Crippen molar-refractivity contribution in [2.45, 2.75) is 59.9 Å². The fraction of sp³-hybridized carbons (Fsp3) is 1.00. The van der Waals surface area contributed by atoms with Crippen molar-refractivity contribution in [2.75, 3.05) is 7.05 Å². The van der Waals surface area contributed by atoms with Gasteiger partial charge in [0, 0.05) is 6.04 Å². The molecule has 5 atom stereocenters. The molecule has 1 aliphatic rings. The number of hydrogen-bond acceptors (Lipinski definition) is 1. The van der Waals surface area contributed by atoms with E-state index in [4.69, 9.17) is 0 Å². The van der Waals surface area contributed by atoms with E-state index < -0.39 is 0 Å². The first kappa shape index (κ1) is 14.0. The van der Waals surface area contributed by atoms with Gasteiger partial charge in [0.15, 0.2) is 0 Å². The van der Waals surface area contributed by atoms with Gasteiger partial charge in [0.1, 0.15) is 0 Å². The lowest BCUT2D eigenvalue weighted by Crippen LogP contribution is -2.43. The van der Waals surface area contributed by atoms with E-state index >= 15 is 0 Å². The summed E-state index contributed by atoms with van der Waals surface area (Å²) in [7, 11) is 2.15. The van der Waals surface area contributed by atoms with Gasteiger partial charge in [-0.1, -0.05) is 41.0 Å². The summed E-state index contributed by atoms with van der Waals surface area (Å²) in [6.07, 6.45) is 4.27. The first-order valence-corrected chi connectivity index (χ1v) is 7.14. The van der Waals surface area contributed by atoms with Crippen molar-refractivity contribution in [3.05, 3.63) is 0 Å². The van der Waals surface area contributed by atoms with E-state index in [1.54, 1.807) is 0 Å². The summed E-state index contributed by atoms with van der Waals surface area (Å²) in [5, 5.41) is 3.59. The standard InChI is InChI=1S/C15H31N/c1-10(2)13(5)15(16-6)14-8-7-11(3)12(4)9-14/h10-16H,7-9H2,1-6H3. The smallest absolute Gasteiger partial charge is 0.0120 e. The van der Waals surface area contributed by atoms with Gasteiger partial charge in [-0.2, -0.15) is 0 Å². The van der Waals surface area contributed by atoms with Gasteiger partial charge in [-0.05, 0) is 49.5 Å². The van der Waals surface area contributed by atoms with Crippen LogP contribution in [0.4, 0.5) is 0 Å². The molecule has 1 nitrogen and oxygen atoms in total. The van der Waals surface area contributed by atoms with Crippen molar-refractivity contribution in [3.8, 4) is 0 Å². The number of hydrogen-bond donors (Lipinski definition) is 1. The second-order valence-corrected chi connectivity index (χ2v) is 6.45. The Balaban J connectivity index is 2.60. The van der Waals surface area contributed by atoms with Crippen LogP contribution in [0.5, 0.6) is 0 Å². The van der Waals surface area contributed by atoms with E-state index in [-0.39, 0.29) is 0 Å². The Morgan fingerprint density at radius 2 is 1.62 bits per heavy atom. The largest absolute Gasteiger partial charge is 0.316 e. The molecule has 1 fully saturated rings. The molecule has 1 saturated carbocycles. The first-order chi connectivity index (χ1) is 7.47. The minimum Gasteiger partial charge on any atom is -0.316 e. The molecule has 0 spiro atoms. The Kier molecular flexibility index (Phi) is 5.30. The molecule has 1 heteroatoms. The molecule has 1 N–H and O–H groups in total. The van der Waals surface area contributed by atoms with Crippen LogP contribution in [0.1, 0.15) is 53.9 Å². The Hall–Kier alpha value is -0.0400. The molecule has 1 aliphatic carbocycles. The Labute approximate surface area is 102 Å².